The first-order chi connectivity index (χ1) is 5.06. The second-order valence-electron chi connectivity index (χ2n) is 2.09. The van der Waals surface area contributed by atoms with E-state index in [-0.39, 0.29) is 12.4 Å². The molecule has 0 aromatic heterocycles. The fourth-order valence-electron chi connectivity index (χ4n) is 0.517. The van der Waals surface area contributed by atoms with Crippen LogP contribution < -0.4 is 0 Å². The molecule has 0 aliphatic rings. The number of allylic oxidation sites excluding steroid dienone is 1. The predicted molar refractivity (Wildman–Crippen MR) is 41.9 cm³/mol. The van der Waals surface area contributed by atoms with E-state index < -0.39 is 10.1 Å². The Bertz CT molecular complexity index is 205. The highest BCUT2D eigenvalue weighted by Gasteiger charge is 1.97. The number of rotatable bonds is 5. The quantitative estimate of drug-likeness (QED) is 0.360. The minimum absolute atomic E-state index is 0.0935. The lowest BCUT2D eigenvalue weighted by Crippen LogP contribution is -2.00. The molecule has 0 saturated carbocycles. The van der Waals surface area contributed by atoms with Gasteiger partial charge in [0.2, 0.25) is 0 Å². The molecule has 0 bridgehead atoms. The molecule has 4 nitrogen and oxygen atoms in total. The fourth-order valence-corrected chi connectivity index (χ4v) is 0.896. The molecule has 5 heteroatoms. The van der Waals surface area contributed by atoms with Crippen molar-refractivity contribution >= 4 is 10.1 Å². The Hall–Kier alpha value is -0.390. The van der Waals surface area contributed by atoms with E-state index in [1.54, 1.807) is 6.08 Å². The normalized spacial score (nSPS) is 12.5. The van der Waals surface area contributed by atoms with E-state index in [0.717, 1.165) is 0 Å². The largest absolute Gasteiger partial charge is 0.396 e. The first-order valence-corrected chi connectivity index (χ1v) is 4.88. The lowest BCUT2D eigenvalue weighted by atomic mass is 10.3. The van der Waals surface area contributed by atoms with Crippen molar-refractivity contribution in [3.8, 4) is 0 Å². The molecule has 2 N–H and O–H groups in total. The lowest BCUT2D eigenvalue weighted by Gasteiger charge is -1.88. The van der Waals surface area contributed by atoms with Crippen molar-refractivity contribution in [1.82, 2.24) is 0 Å². The maximum Gasteiger partial charge on any atom is 0.268 e. The average Bonchev–Trinajstić information content (AvgIpc) is 1.85. The van der Waals surface area contributed by atoms with Crippen LogP contribution in [0.1, 0.15) is 12.8 Å². The molecule has 0 atom stereocenters. The zero-order chi connectivity index (χ0) is 8.74. The van der Waals surface area contributed by atoms with Gasteiger partial charge in [-0.3, -0.25) is 4.55 Å². The van der Waals surface area contributed by atoms with E-state index in [1.807, 2.05) is 0 Å². The molecule has 0 radical (unpaired) electrons. The standard InChI is InChI=1S/C6H12O4S/c7-5-3-1-2-4-6-11(8,9)10/h2,4,7H,1,3,5-6H2,(H,8,9,10). The van der Waals surface area contributed by atoms with Gasteiger partial charge in [-0.2, -0.15) is 8.42 Å². The Labute approximate surface area is 66.3 Å². The third kappa shape index (κ3) is 9.61. The van der Waals surface area contributed by atoms with Crippen LogP contribution >= 0.6 is 0 Å². The summed E-state index contributed by atoms with van der Waals surface area (Å²) in [5.74, 6) is -0.349. The summed E-state index contributed by atoms with van der Waals surface area (Å²) < 4.78 is 28.5. The summed E-state index contributed by atoms with van der Waals surface area (Å²) in [4.78, 5) is 0. The molecule has 0 rings (SSSR count). The molecule has 0 aromatic rings. The van der Waals surface area contributed by atoms with Gasteiger partial charge in [0.1, 0.15) is 0 Å². The van der Waals surface area contributed by atoms with Gasteiger partial charge in [0.25, 0.3) is 10.1 Å². The van der Waals surface area contributed by atoms with Crippen LogP contribution in [-0.2, 0) is 10.1 Å². The SMILES string of the molecule is O=S(=O)(O)CC=CCCCO. The van der Waals surface area contributed by atoms with Gasteiger partial charge in [-0.05, 0) is 12.8 Å². The third-order valence-electron chi connectivity index (χ3n) is 1.00. The minimum Gasteiger partial charge on any atom is -0.396 e. The maximum atomic E-state index is 10.1. The first kappa shape index (κ1) is 10.6. The molecular formula is C6H12O4S. The Morgan fingerprint density at radius 2 is 1.91 bits per heavy atom. The van der Waals surface area contributed by atoms with Crippen molar-refractivity contribution in [2.45, 2.75) is 12.8 Å². The fraction of sp³-hybridized carbons (Fsp3) is 0.667. The number of hydrogen-bond donors (Lipinski definition) is 2. The Kier molecular flexibility index (Phi) is 5.10. The van der Waals surface area contributed by atoms with E-state index in [0.29, 0.717) is 12.8 Å². The molecule has 0 spiro atoms. The van der Waals surface area contributed by atoms with Crippen molar-refractivity contribution < 1.29 is 18.1 Å². The topological polar surface area (TPSA) is 74.6 Å². The van der Waals surface area contributed by atoms with Crippen molar-refractivity contribution in [2.24, 2.45) is 0 Å². The summed E-state index contributed by atoms with van der Waals surface area (Å²) in [5.41, 5.74) is 0. The van der Waals surface area contributed by atoms with Crippen molar-refractivity contribution in [2.75, 3.05) is 12.4 Å². The monoisotopic (exact) mass is 180 g/mol. The van der Waals surface area contributed by atoms with E-state index in [4.69, 9.17) is 9.66 Å². The number of aliphatic hydroxyl groups is 1. The van der Waals surface area contributed by atoms with Crippen LogP contribution in [-0.4, -0.2) is 30.4 Å². The minimum atomic E-state index is -3.86. The van der Waals surface area contributed by atoms with Gasteiger partial charge in [0.05, 0.1) is 5.75 Å². The first-order valence-electron chi connectivity index (χ1n) is 3.27. The molecule has 0 aliphatic heterocycles. The summed E-state index contributed by atoms with van der Waals surface area (Å²) in [5, 5.41) is 8.32. The van der Waals surface area contributed by atoms with E-state index in [2.05, 4.69) is 0 Å². The van der Waals surface area contributed by atoms with Gasteiger partial charge in [-0.25, -0.2) is 0 Å². The Balaban J connectivity index is 3.46. The van der Waals surface area contributed by atoms with E-state index in [1.165, 1.54) is 6.08 Å². The van der Waals surface area contributed by atoms with Gasteiger partial charge in [0.15, 0.2) is 0 Å². The summed E-state index contributed by atoms with van der Waals surface area (Å²) >= 11 is 0. The molecule has 0 aliphatic carbocycles. The highest BCUT2D eigenvalue weighted by Crippen LogP contribution is 1.90. The molecule has 0 heterocycles. The van der Waals surface area contributed by atoms with Gasteiger partial charge in [-0.1, -0.05) is 12.2 Å². The molecule has 66 valence electrons. The van der Waals surface area contributed by atoms with Crippen LogP contribution in [0, 0.1) is 0 Å². The zero-order valence-corrected chi connectivity index (χ0v) is 6.92. The van der Waals surface area contributed by atoms with Crippen molar-refractivity contribution in [1.29, 1.82) is 0 Å². The summed E-state index contributed by atoms with van der Waals surface area (Å²) in [6.07, 6.45) is 4.23. The molecule has 11 heavy (non-hydrogen) atoms. The van der Waals surface area contributed by atoms with Gasteiger partial charge in [-0.15, -0.1) is 0 Å². The Morgan fingerprint density at radius 1 is 1.27 bits per heavy atom. The number of aliphatic hydroxyl groups excluding tert-OH is 1. The summed E-state index contributed by atoms with van der Waals surface area (Å²) in [7, 11) is -3.86. The maximum absolute atomic E-state index is 10.1. The van der Waals surface area contributed by atoms with Crippen LogP contribution in [0.25, 0.3) is 0 Å². The van der Waals surface area contributed by atoms with Gasteiger partial charge < -0.3 is 5.11 Å². The van der Waals surface area contributed by atoms with Crippen LogP contribution in [0.5, 0.6) is 0 Å². The highest BCUT2D eigenvalue weighted by atomic mass is 32.2. The van der Waals surface area contributed by atoms with Gasteiger partial charge in [0, 0.05) is 6.61 Å². The second kappa shape index (κ2) is 5.29. The molecule has 0 fully saturated rings. The molecule has 0 amide bonds. The smallest absolute Gasteiger partial charge is 0.268 e. The van der Waals surface area contributed by atoms with Crippen molar-refractivity contribution in [3.05, 3.63) is 12.2 Å². The lowest BCUT2D eigenvalue weighted by molar-refractivity contribution is 0.289. The number of unbranched alkanes of at least 4 members (excludes halogenated alkanes) is 1. The zero-order valence-electron chi connectivity index (χ0n) is 6.10. The van der Waals surface area contributed by atoms with E-state index >= 15 is 0 Å². The molecular weight excluding hydrogens is 168 g/mol. The molecule has 0 unspecified atom stereocenters. The number of hydrogen-bond acceptors (Lipinski definition) is 3. The molecule has 0 saturated heterocycles. The average molecular weight is 180 g/mol. The van der Waals surface area contributed by atoms with Crippen LogP contribution in [0.2, 0.25) is 0 Å². The summed E-state index contributed by atoms with van der Waals surface area (Å²) in [6.45, 7) is 0.0935. The van der Waals surface area contributed by atoms with Gasteiger partial charge >= 0.3 is 0 Å². The highest BCUT2D eigenvalue weighted by molar-refractivity contribution is 7.85. The third-order valence-corrected chi connectivity index (χ3v) is 1.62. The Morgan fingerprint density at radius 3 is 2.36 bits per heavy atom. The van der Waals surface area contributed by atoms with Crippen LogP contribution in [0.4, 0.5) is 0 Å². The molecule has 0 aromatic carbocycles. The van der Waals surface area contributed by atoms with Crippen LogP contribution in [0.15, 0.2) is 12.2 Å². The second-order valence-corrected chi connectivity index (χ2v) is 3.58. The van der Waals surface area contributed by atoms with E-state index in [9.17, 15) is 8.42 Å². The van der Waals surface area contributed by atoms with Crippen molar-refractivity contribution in [3.63, 3.8) is 0 Å². The summed E-state index contributed by atoms with van der Waals surface area (Å²) in [6, 6.07) is 0. The predicted octanol–water partition coefficient (Wildman–Crippen LogP) is 0.203. The van der Waals surface area contributed by atoms with Crippen LogP contribution in [0.3, 0.4) is 0 Å².